The summed E-state index contributed by atoms with van der Waals surface area (Å²) in [4.78, 5) is 35.4. The normalized spacial score (nSPS) is 12.0. The van der Waals surface area contributed by atoms with Crippen LogP contribution in [0.5, 0.6) is 0 Å². The molecule has 1 unspecified atom stereocenters. The van der Waals surface area contributed by atoms with Gasteiger partial charge in [-0.3, -0.25) is 4.79 Å². The third-order valence-electron chi connectivity index (χ3n) is 2.90. The number of carbonyl (C=O) groups excluding carboxylic acids is 3. The summed E-state index contributed by atoms with van der Waals surface area (Å²) in [5, 5.41) is 5.09. The Morgan fingerprint density at radius 2 is 1.75 bits per heavy atom. The summed E-state index contributed by atoms with van der Waals surface area (Å²) in [7, 11) is 1.26. The Morgan fingerprint density at radius 1 is 1.12 bits per heavy atom. The van der Waals surface area contributed by atoms with Gasteiger partial charge in [0.2, 0.25) is 5.91 Å². The van der Waals surface area contributed by atoms with Gasteiger partial charge in [-0.05, 0) is 26.3 Å². The van der Waals surface area contributed by atoms with Gasteiger partial charge in [-0.2, -0.15) is 0 Å². The topological polar surface area (TPSA) is 93.7 Å². The van der Waals surface area contributed by atoms with Gasteiger partial charge in [0.1, 0.15) is 5.60 Å². The lowest BCUT2D eigenvalue weighted by Crippen LogP contribution is -2.38. The first-order valence-corrected chi connectivity index (χ1v) is 7.62. The van der Waals surface area contributed by atoms with Crippen molar-refractivity contribution >= 4 is 18.0 Å². The molecule has 1 atom stereocenters. The van der Waals surface area contributed by atoms with Gasteiger partial charge in [-0.1, -0.05) is 30.3 Å². The minimum atomic E-state index is -0.884. The molecule has 24 heavy (non-hydrogen) atoms. The SMILES string of the molecule is COC(=O)C(NC(=O)CCNC(=O)OC(C)(C)C)c1ccccc1. The summed E-state index contributed by atoms with van der Waals surface area (Å²) in [5.74, 6) is -0.944. The summed E-state index contributed by atoms with van der Waals surface area (Å²) >= 11 is 0. The van der Waals surface area contributed by atoms with Crippen LogP contribution in [-0.2, 0) is 19.1 Å². The number of hydrogen-bond donors (Lipinski definition) is 2. The van der Waals surface area contributed by atoms with Crippen molar-refractivity contribution in [3.8, 4) is 0 Å². The molecule has 0 saturated heterocycles. The third-order valence-corrected chi connectivity index (χ3v) is 2.90. The van der Waals surface area contributed by atoms with Crippen LogP contribution < -0.4 is 10.6 Å². The summed E-state index contributed by atoms with van der Waals surface area (Å²) < 4.78 is 9.79. The molecule has 0 bridgehead atoms. The number of ether oxygens (including phenoxy) is 2. The number of methoxy groups -OCH3 is 1. The molecule has 0 aliphatic rings. The summed E-state index contributed by atoms with van der Waals surface area (Å²) in [6.07, 6.45) is -0.581. The van der Waals surface area contributed by atoms with Crippen molar-refractivity contribution in [2.45, 2.75) is 38.8 Å². The van der Waals surface area contributed by atoms with Crippen LogP contribution in [0.1, 0.15) is 38.8 Å². The van der Waals surface area contributed by atoms with Crippen molar-refractivity contribution < 1.29 is 23.9 Å². The van der Waals surface area contributed by atoms with Gasteiger partial charge in [-0.15, -0.1) is 0 Å². The Morgan fingerprint density at radius 3 is 2.29 bits per heavy atom. The van der Waals surface area contributed by atoms with Gasteiger partial charge in [0.05, 0.1) is 7.11 Å². The average molecular weight is 336 g/mol. The second-order valence-electron chi connectivity index (χ2n) is 6.11. The molecule has 1 rings (SSSR count). The highest BCUT2D eigenvalue weighted by Crippen LogP contribution is 2.14. The molecular formula is C17H24N2O5. The summed E-state index contributed by atoms with van der Waals surface area (Å²) in [5.41, 5.74) is 0.0214. The van der Waals surface area contributed by atoms with Crippen LogP contribution in [-0.4, -0.2) is 37.2 Å². The van der Waals surface area contributed by atoms with Crippen LogP contribution in [0.3, 0.4) is 0 Å². The van der Waals surface area contributed by atoms with Crippen LogP contribution in [0.2, 0.25) is 0 Å². The molecule has 2 amide bonds. The maximum absolute atomic E-state index is 12.0. The second kappa shape index (κ2) is 8.90. The van der Waals surface area contributed by atoms with E-state index in [1.54, 1.807) is 45.0 Å². The van der Waals surface area contributed by atoms with E-state index in [1.807, 2.05) is 6.07 Å². The highest BCUT2D eigenvalue weighted by molar-refractivity contribution is 5.85. The standard InChI is InChI=1S/C17H24N2O5/c1-17(2,3)24-16(22)18-11-10-13(20)19-14(15(21)23-4)12-8-6-5-7-9-12/h5-9,14H,10-11H2,1-4H3,(H,18,22)(H,19,20). The number of nitrogens with one attached hydrogen (secondary N) is 2. The van der Waals surface area contributed by atoms with E-state index in [1.165, 1.54) is 7.11 Å². The molecule has 0 saturated carbocycles. The second-order valence-corrected chi connectivity index (χ2v) is 6.11. The summed E-state index contributed by atoms with van der Waals surface area (Å²) in [6, 6.07) is 7.90. The first-order valence-electron chi connectivity index (χ1n) is 7.62. The molecule has 0 spiro atoms. The lowest BCUT2D eigenvalue weighted by Gasteiger charge is -2.20. The van der Waals surface area contributed by atoms with Crippen molar-refractivity contribution in [3.05, 3.63) is 35.9 Å². The highest BCUT2D eigenvalue weighted by Gasteiger charge is 2.23. The Balaban J connectivity index is 2.52. The van der Waals surface area contributed by atoms with Crippen molar-refractivity contribution in [1.29, 1.82) is 0 Å². The monoisotopic (exact) mass is 336 g/mol. The van der Waals surface area contributed by atoms with Gasteiger partial charge in [0, 0.05) is 13.0 Å². The van der Waals surface area contributed by atoms with Crippen molar-refractivity contribution in [2.24, 2.45) is 0 Å². The van der Waals surface area contributed by atoms with Crippen LogP contribution >= 0.6 is 0 Å². The van der Waals surface area contributed by atoms with Crippen molar-refractivity contribution in [3.63, 3.8) is 0 Å². The predicted octanol–water partition coefficient (Wildman–Crippen LogP) is 1.93. The number of rotatable bonds is 6. The molecule has 0 fully saturated rings. The Kier molecular flexibility index (Phi) is 7.23. The lowest BCUT2D eigenvalue weighted by molar-refractivity contribution is -0.145. The number of esters is 1. The van der Waals surface area contributed by atoms with Gasteiger partial charge >= 0.3 is 12.1 Å². The predicted molar refractivity (Wildman–Crippen MR) is 88.2 cm³/mol. The molecule has 0 radical (unpaired) electrons. The molecule has 2 N–H and O–H groups in total. The number of benzene rings is 1. The first kappa shape index (κ1) is 19.5. The maximum atomic E-state index is 12.0. The fourth-order valence-electron chi connectivity index (χ4n) is 1.87. The number of carbonyl (C=O) groups is 3. The minimum Gasteiger partial charge on any atom is -0.467 e. The van der Waals surface area contributed by atoms with Gasteiger partial charge in [0.15, 0.2) is 6.04 Å². The number of hydrogen-bond acceptors (Lipinski definition) is 5. The fraction of sp³-hybridized carbons (Fsp3) is 0.471. The minimum absolute atomic E-state index is 0.0135. The maximum Gasteiger partial charge on any atom is 0.407 e. The zero-order valence-electron chi connectivity index (χ0n) is 14.4. The van der Waals surface area contributed by atoms with Gasteiger partial charge in [-0.25, -0.2) is 9.59 Å². The smallest absolute Gasteiger partial charge is 0.407 e. The number of amides is 2. The van der Waals surface area contributed by atoms with E-state index in [-0.39, 0.29) is 18.9 Å². The van der Waals surface area contributed by atoms with Crippen molar-refractivity contribution in [2.75, 3.05) is 13.7 Å². The van der Waals surface area contributed by atoms with E-state index in [4.69, 9.17) is 9.47 Å². The van der Waals surface area contributed by atoms with Gasteiger partial charge < -0.3 is 20.1 Å². The summed E-state index contributed by atoms with van der Waals surface area (Å²) in [6.45, 7) is 5.35. The molecular weight excluding hydrogens is 312 g/mol. The molecule has 132 valence electrons. The molecule has 7 heteroatoms. The van der Waals surface area contributed by atoms with E-state index in [2.05, 4.69) is 10.6 Å². The molecule has 7 nitrogen and oxygen atoms in total. The Bertz CT molecular complexity index is 566. The van der Waals surface area contributed by atoms with Crippen molar-refractivity contribution in [1.82, 2.24) is 10.6 Å². The van der Waals surface area contributed by atoms with Crippen LogP contribution in [0.4, 0.5) is 4.79 Å². The van der Waals surface area contributed by atoms with Crippen LogP contribution in [0, 0.1) is 0 Å². The Labute approximate surface area is 141 Å². The molecule has 1 aromatic carbocycles. The quantitative estimate of drug-likeness (QED) is 0.774. The molecule has 0 heterocycles. The highest BCUT2D eigenvalue weighted by atomic mass is 16.6. The largest absolute Gasteiger partial charge is 0.467 e. The molecule has 0 aromatic heterocycles. The first-order chi connectivity index (χ1) is 11.2. The van der Waals surface area contributed by atoms with E-state index >= 15 is 0 Å². The third kappa shape index (κ3) is 7.13. The van der Waals surface area contributed by atoms with E-state index < -0.39 is 23.7 Å². The lowest BCUT2D eigenvalue weighted by atomic mass is 10.1. The Hall–Kier alpha value is -2.57. The fourth-order valence-corrected chi connectivity index (χ4v) is 1.87. The van der Waals surface area contributed by atoms with E-state index in [9.17, 15) is 14.4 Å². The molecule has 1 aromatic rings. The van der Waals surface area contributed by atoms with Gasteiger partial charge in [0.25, 0.3) is 0 Å². The molecule has 0 aliphatic heterocycles. The average Bonchev–Trinajstić information content (AvgIpc) is 2.51. The van der Waals surface area contributed by atoms with E-state index in [0.29, 0.717) is 5.56 Å². The van der Waals surface area contributed by atoms with E-state index in [0.717, 1.165) is 0 Å². The van der Waals surface area contributed by atoms with Crippen LogP contribution in [0.15, 0.2) is 30.3 Å². The van der Waals surface area contributed by atoms with Crippen LogP contribution in [0.25, 0.3) is 0 Å². The zero-order chi connectivity index (χ0) is 18.2. The number of alkyl carbamates (subject to hydrolysis) is 1. The molecule has 0 aliphatic carbocycles. The zero-order valence-corrected chi connectivity index (χ0v) is 14.4.